The first-order valence-electron chi connectivity index (χ1n) is 7.52. The fourth-order valence-corrected chi connectivity index (χ4v) is 3.11. The Hall–Kier alpha value is -0.610. The molecule has 2 rings (SSSR count). The van der Waals surface area contributed by atoms with E-state index in [0.29, 0.717) is 5.91 Å². The minimum absolute atomic E-state index is 0.159. The van der Waals surface area contributed by atoms with Gasteiger partial charge in [-0.3, -0.25) is 4.79 Å². The summed E-state index contributed by atoms with van der Waals surface area (Å²) in [5.41, 5.74) is 0. The van der Waals surface area contributed by atoms with Crippen LogP contribution in [0, 0.1) is 5.92 Å². The zero-order chi connectivity index (χ0) is 13.1. The third kappa shape index (κ3) is 3.23. The molecule has 2 aliphatic rings. The highest BCUT2D eigenvalue weighted by atomic mass is 16.2. The summed E-state index contributed by atoms with van der Waals surface area (Å²) in [6.07, 6.45) is 2.36. The summed E-state index contributed by atoms with van der Waals surface area (Å²) in [4.78, 5) is 17.7. The van der Waals surface area contributed by atoms with Crippen molar-refractivity contribution in [2.24, 2.45) is 5.92 Å². The van der Waals surface area contributed by atoms with Crippen LogP contribution in [0.25, 0.3) is 0 Å². The van der Waals surface area contributed by atoms with E-state index in [9.17, 15) is 4.79 Å². The number of piperidine rings is 1. The Morgan fingerprint density at radius 3 is 2.28 bits per heavy atom. The molecule has 2 saturated heterocycles. The molecule has 2 N–H and O–H groups in total. The van der Waals surface area contributed by atoms with Gasteiger partial charge in [-0.2, -0.15) is 0 Å². The Morgan fingerprint density at radius 1 is 1.17 bits per heavy atom. The molecule has 4 nitrogen and oxygen atoms in total. The molecule has 0 radical (unpaired) electrons. The molecule has 0 spiro atoms. The molecule has 2 fully saturated rings. The van der Waals surface area contributed by atoms with Crippen molar-refractivity contribution >= 4 is 5.91 Å². The van der Waals surface area contributed by atoms with E-state index in [2.05, 4.69) is 25.8 Å². The lowest BCUT2D eigenvalue weighted by Gasteiger charge is -2.36. The highest BCUT2D eigenvalue weighted by Crippen LogP contribution is 2.16. The first-order chi connectivity index (χ1) is 8.58. The Kier molecular flexibility index (Phi) is 4.62. The molecule has 1 atom stereocenters. The third-order valence-electron chi connectivity index (χ3n) is 4.82. The van der Waals surface area contributed by atoms with Crippen LogP contribution in [0.3, 0.4) is 0 Å². The number of rotatable bonds is 2. The van der Waals surface area contributed by atoms with Crippen molar-refractivity contribution in [1.82, 2.24) is 4.90 Å². The lowest BCUT2D eigenvalue weighted by Crippen LogP contribution is -3.29. The van der Waals surface area contributed by atoms with E-state index in [0.717, 1.165) is 32.1 Å². The Bertz CT molecular complexity index is 279. The summed E-state index contributed by atoms with van der Waals surface area (Å²) in [7, 11) is 2.25. The maximum Gasteiger partial charge on any atom is 0.280 e. The molecule has 0 aromatic heterocycles. The van der Waals surface area contributed by atoms with E-state index in [1.165, 1.54) is 30.8 Å². The zero-order valence-corrected chi connectivity index (χ0v) is 12.2. The van der Waals surface area contributed by atoms with Crippen LogP contribution in [0.4, 0.5) is 0 Å². The van der Waals surface area contributed by atoms with Gasteiger partial charge in [0.25, 0.3) is 5.91 Å². The molecule has 4 heteroatoms. The van der Waals surface area contributed by atoms with E-state index in [4.69, 9.17) is 0 Å². The van der Waals surface area contributed by atoms with Gasteiger partial charge in [0.1, 0.15) is 26.2 Å². The molecule has 2 heterocycles. The highest BCUT2D eigenvalue weighted by molar-refractivity contribution is 5.80. The fourth-order valence-electron chi connectivity index (χ4n) is 3.11. The number of hydrogen-bond donors (Lipinski definition) is 2. The molecular weight excluding hydrogens is 226 g/mol. The Morgan fingerprint density at radius 2 is 1.72 bits per heavy atom. The number of likely N-dealkylation sites (N-methyl/N-ethyl adjacent to an activating group) is 1. The maximum atomic E-state index is 12.5. The number of quaternary nitrogens is 2. The molecule has 0 aromatic rings. The van der Waals surface area contributed by atoms with Crippen molar-refractivity contribution in [2.75, 3.05) is 46.3 Å². The van der Waals surface area contributed by atoms with Crippen LogP contribution >= 0.6 is 0 Å². The minimum Gasteiger partial charge on any atom is -0.338 e. The average molecular weight is 255 g/mol. The number of nitrogens with one attached hydrogen (secondary N) is 2. The van der Waals surface area contributed by atoms with Crippen molar-refractivity contribution in [3.63, 3.8) is 0 Å². The van der Waals surface area contributed by atoms with Crippen LogP contribution in [0.5, 0.6) is 0 Å². The Labute approximate surface area is 111 Å². The topological polar surface area (TPSA) is 29.2 Å². The second kappa shape index (κ2) is 6.02. The fraction of sp³-hybridized carbons (Fsp3) is 0.929. The Balaban J connectivity index is 1.84. The number of amides is 1. The second-order valence-electron chi connectivity index (χ2n) is 6.34. The molecule has 104 valence electrons. The summed E-state index contributed by atoms with van der Waals surface area (Å²) in [5, 5.41) is 0. The van der Waals surface area contributed by atoms with E-state index < -0.39 is 0 Å². The number of hydrogen-bond acceptors (Lipinski definition) is 1. The number of nitrogens with zero attached hydrogens (tertiary/aromatic N) is 1. The van der Waals surface area contributed by atoms with Crippen LogP contribution in [0.15, 0.2) is 0 Å². The van der Waals surface area contributed by atoms with Crippen LogP contribution in [0.2, 0.25) is 0 Å². The van der Waals surface area contributed by atoms with Gasteiger partial charge in [0, 0.05) is 13.1 Å². The summed E-state index contributed by atoms with van der Waals surface area (Å²) in [6, 6.07) is 0.159. The quantitative estimate of drug-likeness (QED) is 0.590. The molecule has 18 heavy (non-hydrogen) atoms. The van der Waals surface area contributed by atoms with Crippen molar-refractivity contribution in [1.29, 1.82) is 0 Å². The molecule has 0 bridgehead atoms. The third-order valence-corrected chi connectivity index (χ3v) is 4.82. The van der Waals surface area contributed by atoms with Crippen LogP contribution in [-0.4, -0.2) is 63.2 Å². The smallest absolute Gasteiger partial charge is 0.280 e. The van der Waals surface area contributed by atoms with E-state index in [1.807, 2.05) is 0 Å². The predicted molar refractivity (Wildman–Crippen MR) is 71.8 cm³/mol. The summed E-state index contributed by atoms with van der Waals surface area (Å²) in [6.45, 7) is 11.0. The molecule has 1 amide bonds. The van der Waals surface area contributed by atoms with Gasteiger partial charge in [-0.15, -0.1) is 0 Å². The molecular formula is C14H29N3O+2. The molecule has 0 aliphatic carbocycles. The lowest BCUT2D eigenvalue weighted by molar-refractivity contribution is -1.01. The highest BCUT2D eigenvalue weighted by Gasteiger charge is 2.33. The maximum absolute atomic E-state index is 12.5. The van der Waals surface area contributed by atoms with Gasteiger partial charge in [0.2, 0.25) is 0 Å². The second-order valence-corrected chi connectivity index (χ2v) is 6.34. The normalized spacial score (nSPS) is 32.3. The monoisotopic (exact) mass is 255 g/mol. The van der Waals surface area contributed by atoms with Gasteiger partial charge in [-0.05, 0) is 25.7 Å². The van der Waals surface area contributed by atoms with Crippen molar-refractivity contribution < 1.29 is 14.6 Å². The molecule has 0 aromatic carbocycles. The van der Waals surface area contributed by atoms with Crippen LogP contribution in [-0.2, 0) is 4.79 Å². The summed E-state index contributed by atoms with van der Waals surface area (Å²) >= 11 is 0. The van der Waals surface area contributed by atoms with Gasteiger partial charge in [0.15, 0.2) is 6.04 Å². The molecule has 0 saturated carbocycles. The molecule has 2 aliphatic heterocycles. The van der Waals surface area contributed by atoms with Gasteiger partial charge >= 0.3 is 0 Å². The number of carbonyl (C=O) groups excluding carboxylic acids is 1. The zero-order valence-electron chi connectivity index (χ0n) is 12.2. The van der Waals surface area contributed by atoms with E-state index in [1.54, 1.807) is 4.90 Å². The summed E-state index contributed by atoms with van der Waals surface area (Å²) in [5.74, 6) is 1.18. The predicted octanol–water partition coefficient (Wildman–Crippen LogP) is -1.95. The SMILES string of the molecule is CC1CCN(C(=O)[C@H](C)[NH+]2CC[NH+](C)CC2)CC1. The van der Waals surface area contributed by atoms with E-state index in [-0.39, 0.29) is 6.04 Å². The largest absolute Gasteiger partial charge is 0.338 e. The standard InChI is InChI=1S/C14H27N3O/c1-12-4-6-17(7-5-12)14(18)13(2)16-10-8-15(3)9-11-16/h12-13H,4-11H2,1-3H3/p+2/t13-/m0/s1. The van der Waals surface area contributed by atoms with E-state index >= 15 is 0 Å². The van der Waals surface area contributed by atoms with Gasteiger partial charge < -0.3 is 14.7 Å². The van der Waals surface area contributed by atoms with Crippen LogP contribution < -0.4 is 9.80 Å². The minimum atomic E-state index is 0.159. The van der Waals surface area contributed by atoms with Crippen LogP contribution in [0.1, 0.15) is 26.7 Å². The van der Waals surface area contributed by atoms with Gasteiger partial charge in [0.05, 0.1) is 7.05 Å². The van der Waals surface area contributed by atoms with Crippen molar-refractivity contribution in [3.05, 3.63) is 0 Å². The lowest BCUT2D eigenvalue weighted by atomic mass is 9.98. The average Bonchev–Trinajstić information content (AvgIpc) is 2.39. The van der Waals surface area contributed by atoms with Crippen molar-refractivity contribution in [3.8, 4) is 0 Å². The van der Waals surface area contributed by atoms with Gasteiger partial charge in [-0.1, -0.05) is 6.92 Å². The number of likely N-dealkylation sites (tertiary alicyclic amines) is 1. The van der Waals surface area contributed by atoms with Gasteiger partial charge in [-0.25, -0.2) is 0 Å². The summed E-state index contributed by atoms with van der Waals surface area (Å²) < 4.78 is 0. The first-order valence-corrected chi connectivity index (χ1v) is 7.52. The number of carbonyl (C=O) groups is 1. The first kappa shape index (κ1) is 13.8. The number of piperazine rings is 1. The molecule has 0 unspecified atom stereocenters. The van der Waals surface area contributed by atoms with Crippen molar-refractivity contribution in [2.45, 2.75) is 32.7 Å².